The van der Waals surface area contributed by atoms with Gasteiger partial charge in [0.1, 0.15) is 18.4 Å². The van der Waals surface area contributed by atoms with Crippen molar-refractivity contribution in [1.29, 1.82) is 0 Å². The predicted octanol–water partition coefficient (Wildman–Crippen LogP) is 1.66. The highest BCUT2D eigenvalue weighted by atomic mass is 19.1. The molecule has 0 bridgehead atoms. The van der Waals surface area contributed by atoms with Gasteiger partial charge in [0, 0.05) is 6.42 Å². The number of hydrogen-bond donors (Lipinski definition) is 0. The van der Waals surface area contributed by atoms with Crippen molar-refractivity contribution < 1.29 is 18.7 Å². The molecule has 0 aromatic heterocycles. The van der Waals surface area contributed by atoms with Crippen LogP contribution in [-0.2, 0) is 9.47 Å². The molecule has 1 fully saturated rings. The van der Waals surface area contributed by atoms with Crippen LogP contribution in [0.25, 0.3) is 0 Å². The van der Waals surface area contributed by atoms with Gasteiger partial charge < -0.3 is 9.47 Å². The standard InChI is InChI=1S/C7H11FO3/c1-7(2,8)3-5-4-10-6(9)11-5/h5H,3-4H2,1-2H3. The number of carbonyl (C=O) groups excluding carboxylic acids is 1. The highest BCUT2D eigenvalue weighted by Crippen LogP contribution is 2.21. The highest BCUT2D eigenvalue weighted by Gasteiger charge is 2.31. The lowest BCUT2D eigenvalue weighted by molar-refractivity contribution is 0.0866. The molecule has 1 unspecified atom stereocenters. The fraction of sp³-hybridized carbons (Fsp3) is 0.857. The summed E-state index contributed by atoms with van der Waals surface area (Å²) in [5.41, 5.74) is -1.31. The summed E-state index contributed by atoms with van der Waals surface area (Å²) in [5, 5.41) is 0. The zero-order valence-corrected chi connectivity index (χ0v) is 6.59. The summed E-state index contributed by atoms with van der Waals surface area (Å²) in [6.45, 7) is 3.06. The number of ether oxygens (including phenoxy) is 2. The fourth-order valence-corrected chi connectivity index (χ4v) is 1.01. The first-order valence-corrected chi connectivity index (χ1v) is 3.50. The number of halogens is 1. The molecule has 1 saturated heterocycles. The van der Waals surface area contributed by atoms with Crippen molar-refractivity contribution in [2.24, 2.45) is 0 Å². The maximum Gasteiger partial charge on any atom is 0.508 e. The van der Waals surface area contributed by atoms with Crippen LogP contribution in [0.2, 0.25) is 0 Å². The van der Waals surface area contributed by atoms with E-state index in [9.17, 15) is 9.18 Å². The quantitative estimate of drug-likeness (QED) is 0.579. The van der Waals surface area contributed by atoms with Crippen LogP contribution >= 0.6 is 0 Å². The largest absolute Gasteiger partial charge is 0.508 e. The van der Waals surface area contributed by atoms with Crippen molar-refractivity contribution in [3.8, 4) is 0 Å². The van der Waals surface area contributed by atoms with Crippen molar-refractivity contribution in [3.63, 3.8) is 0 Å². The average molecular weight is 162 g/mol. The third-order valence-electron chi connectivity index (χ3n) is 1.36. The Morgan fingerprint density at radius 3 is 2.73 bits per heavy atom. The van der Waals surface area contributed by atoms with Gasteiger partial charge in [-0.3, -0.25) is 0 Å². The molecule has 1 rings (SSSR count). The van der Waals surface area contributed by atoms with Crippen LogP contribution in [0.3, 0.4) is 0 Å². The number of hydrogen-bond acceptors (Lipinski definition) is 3. The summed E-state index contributed by atoms with van der Waals surface area (Å²) in [5.74, 6) is 0. The second kappa shape index (κ2) is 2.68. The fourth-order valence-electron chi connectivity index (χ4n) is 1.01. The van der Waals surface area contributed by atoms with Crippen LogP contribution in [0.15, 0.2) is 0 Å². The Labute approximate surface area is 64.5 Å². The summed E-state index contributed by atoms with van der Waals surface area (Å²) in [6, 6.07) is 0. The van der Waals surface area contributed by atoms with E-state index in [1.165, 1.54) is 13.8 Å². The molecule has 0 spiro atoms. The van der Waals surface area contributed by atoms with Crippen molar-refractivity contribution in [2.75, 3.05) is 6.61 Å². The van der Waals surface area contributed by atoms with E-state index < -0.39 is 17.9 Å². The molecule has 3 nitrogen and oxygen atoms in total. The molecule has 0 aliphatic carbocycles. The summed E-state index contributed by atoms with van der Waals surface area (Å²) >= 11 is 0. The molecule has 0 N–H and O–H groups in total. The summed E-state index contributed by atoms with van der Waals surface area (Å²) in [6.07, 6.45) is -0.916. The Bertz CT molecular complexity index is 162. The molecule has 11 heavy (non-hydrogen) atoms. The molecule has 64 valence electrons. The smallest absolute Gasteiger partial charge is 0.430 e. The summed E-state index contributed by atoms with van der Waals surface area (Å²) in [4.78, 5) is 10.4. The average Bonchev–Trinajstić information content (AvgIpc) is 2.10. The van der Waals surface area contributed by atoms with Gasteiger partial charge in [0.15, 0.2) is 0 Å². The van der Waals surface area contributed by atoms with E-state index in [1.54, 1.807) is 0 Å². The lowest BCUT2D eigenvalue weighted by atomic mass is 10.0. The molecular formula is C7H11FO3. The normalized spacial score (nSPS) is 24.6. The topological polar surface area (TPSA) is 35.5 Å². The molecule has 0 aromatic rings. The van der Waals surface area contributed by atoms with Gasteiger partial charge >= 0.3 is 6.16 Å². The maximum absolute atomic E-state index is 12.9. The predicted molar refractivity (Wildman–Crippen MR) is 36.0 cm³/mol. The van der Waals surface area contributed by atoms with Gasteiger partial charge in [-0.15, -0.1) is 0 Å². The zero-order chi connectivity index (χ0) is 8.48. The van der Waals surface area contributed by atoms with Gasteiger partial charge in [0.25, 0.3) is 0 Å². The van der Waals surface area contributed by atoms with Crippen molar-refractivity contribution in [1.82, 2.24) is 0 Å². The lowest BCUT2D eigenvalue weighted by Gasteiger charge is -2.15. The van der Waals surface area contributed by atoms with E-state index in [0.717, 1.165) is 0 Å². The van der Waals surface area contributed by atoms with E-state index in [0.29, 0.717) is 0 Å². The van der Waals surface area contributed by atoms with Crippen LogP contribution in [0.4, 0.5) is 9.18 Å². The van der Waals surface area contributed by atoms with Gasteiger partial charge in [-0.05, 0) is 13.8 Å². The van der Waals surface area contributed by atoms with Gasteiger partial charge in [-0.25, -0.2) is 9.18 Å². The second-order valence-electron chi connectivity index (χ2n) is 3.22. The second-order valence-corrected chi connectivity index (χ2v) is 3.22. The van der Waals surface area contributed by atoms with E-state index in [1.807, 2.05) is 0 Å². The molecule has 1 atom stereocenters. The molecule has 0 amide bonds. The Kier molecular flexibility index (Phi) is 2.02. The van der Waals surface area contributed by atoms with Crippen LogP contribution in [0, 0.1) is 0 Å². The van der Waals surface area contributed by atoms with Crippen LogP contribution < -0.4 is 0 Å². The first-order chi connectivity index (χ1) is 4.97. The third kappa shape index (κ3) is 2.74. The molecule has 0 aromatic carbocycles. The van der Waals surface area contributed by atoms with Crippen molar-refractivity contribution >= 4 is 6.16 Å². The Hall–Kier alpha value is -0.800. The van der Waals surface area contributed by atoms with Gasteiger partial charge in [0.05, 0.1) is 0 Å². The van der Waals surface area contributed by atoms with E-state index >= 15 is 0 Å². The SMILES string of the molecule is CC(C)(F)CC1COC(=O)O1. The van der Waals surface area contributed by atoms with Crippen molar-refractivity contribution in [3.05, 3.63) is 0 Å². The Morgan fingerprint density at radius 2 is 2.36 bits per heavy atom. The number of alkyl halides is 1. The number of carbonyl (C=O) groups is 1. The monoisotopic (exact) mass is 162 g/mol. The minimum atomic E-state index is -1.31. The van der Waals surface area contributed by atoms with Gasteiger partial charge in [0.2, 0.25) is 0 Å². The van der Waals surface area contributed by atoms with E-state index in [-0.39, 0.29) is 13.0 Å². The molecule has 1 aliphatic heterocycles. The molecule has 4 heteroatoms. The highest BCUT2D eigenvalue weighted by molar-refractivity contribution is 5.61. The van der Waals surface area contributed by atoms with Crippen LogP contribution in [0.5, 0.6) is 0 Å². The minimum Gasteiger partial charge on any atom is -0.430 e. The van der Waals surface area contributed by atoms with E-state index in [4.69, 9.17) is 0 Å². The number of cyclic esters (lactones) is 2. The van der Waals surface area contributed by atoms with Crippen molar-refractivity contribution in [2.45, 2.75) is 32.0 Å². The first kappa shape index (κ1) is 8.30. The Balaban J connectivity index is 2.34. The summed E-state index contributed by atoms with van der Waals surface area (Å²) in [7, 11) is 0. The van der Waals surface area contributed by atoms with Crippen LogP contribution in [-0.4, -0.2) is 24.5 Å². The van der Waals surface area contributed by atoms with Crippen LogP contribution in [0.1, 0.15) is 20.3 Å². The van der Waals surface area contributed by atoms with Gasteiger partial charge in [-0.1, -0.05) is 0 Å². The zero-order valence-electron chi connectivity index (χ0n) is 6.59. The molecule has 0 radical (unpaired) electrons. The molecule has 0 saturated carbocycles. The molecule has 1 heterocycles. The molecular weight excluding hydrogens is 151 g/mol. The third-order valence-corrected chi connectivity index (χ3v) is 1.36. The minimum absolute atomic E-state index is 0.173. The van der Waals surface area contributed by atoms with Gasteiger partial charge in [-0.2, -0.15) is 0 Å². The maximum atomic E-state index is 12.9. The summed E-state index contributed by atoms with van der Waals surface area (Å²) < 4.78 is 22.0. The lowest BCUT2D eigenvalue weighted by Crippen LogP contribution is -2.23. The van der Waals surface area contributed by atoms with E-state index in [2.05, 4.69) is 9.47 Å². The first-order valence-electron chi connectivity index (χ1n) is 3.50. The Morgan fingerprint density at radius 1 is 1.73 bits per heavy atom. The molecule has 1 aliphatic rings. The number of rotatable bonds is 2.